The third-order valence-corrected chi connectivity index (χ3v) is 7.16. The molecule has 0 aromatic rings. The van der Waals surface area contributed by atoms with Crippen LogP contribution in [0.5, 0.6) is 0 Å². The molecule has 3 heteroatoms. The van der Waals surface area contributed by atoms with Crippen molar-refractivity contribution in [2.75, 3.05) is 27.2 Å². The van der Waals surface area contributed by atoms with Gasteiger partial charge < -0.3 is 14.3 Å². The summed E-state index contributed by atoms with van der Waals surface area (Å²) >= 11 is 0. The summed E-state index contributed by atoms with van der Waals surface area (Å²) in [5.74, 6) is 0.994. The first-order valence-electron chi connectivity index (χ1n) is 11.4. The molecule has 0 saturated heterocycles. The SMILES string of the molecule is CC[N+](C)(C)CC(C)(C)OC(C)(C)CC(C)(C)C(C)(C)C(CC(C)O)C(C)C. The molecule has 2 unspecified atom stereocenters. The number of aliphatic hydroxyl groups excluding tert-OH is 1. The lowest BCUT2D eigenvalue weighted by molar-refractivity contribution is -0.894. The second kappa shape index (κ2) is 9.35. The molecule has 0 aromatic carbocycles. The van der Waals surface area contributed by atoms with Gasteiger partial charge in [0.2, 0.25) is 0 Å². The van der Waals surface area contributed by atoms with Crippen LogP contribution in [0.1, 0.15) is 95.9 Å². The number of rotatable bonds is 12. The van der Waals surface area contributed by atoms with Gasteiger partial charge in [0, 0.05) is 0 Å². The lowest BCUT2D eigenvalue weighted by Crippen LogP contribution is -2.54. The molecule has 28 heavy (non-hydrogen) atoms. The molecule has 0 fully saturated rings. The van der Waals surface area contributed by atoms with E-state index in [9.17, 15) is 5.11 Å². The first kappa shape index (κ1) is 27.9. The highest BCUT2D eigenvalue weighted by Crippen LogP contribution is 2.53. The van der Waals surface area contributed by atoms with E-state index in [-0.39, 0.29) is 28.1 Å². The lowest BCUT2D eigenvalue weighted by Gasteiger charge is -2.52. The van der Waals surface area contributed by atoms with Crippen molar-refractivity contribution in [1.29, 1.82) is 0 Å². The fourth-order valence-electron chi connectivity index (χ4n) is 5.52. The van der Waals surface area contributed by atoms with E-state index in [0.29, 0.717) is 11.8 Å². The highest BCUT2D eigenvalue weighted by molar-refractivity contribution is 4.96. The predicted octanol–water partition coefficient (Wildman–Crippen LogP) is 6.14. The third-order valence-electron chi connectivity index (χ3n) is 7.16. The van der Waals surface area contributed by atoms with Crippen molar-refractivity contribution < 1.29 is 14.3 Å². The second-order valence-electron chi connectivity index (χ2n) is 12.7. The summed E-state index contributed by atoms with van der Waals surface area (Å²) in [6.07, 6.45) is 1.57. The third kappa shape index (κ3) is 8.32. The van der Waals surface area contributed by atoms with E-state index in [2.05, 4.69) is 90.3 Å². The highest BCUT2D eigenvalue weighted by atomic mass is 16.5. The Labute approximate surface area is 177 Å². The van der Waals surface area contributed by atoms with Crippen molar-refractivity contribution in [2.24, 2.45) is 22.7 Å². The van der Waals surface area contributed by atoms with Gasteiger partial charge in [-0.25, -0.2) is 0 Å². The second-order valence-corrected chi connectivity index (χ2v) is 12.7. The summed E-state index contributed by atoms with van der Waals surface area (Å²) in [6, 6.07) is 0. The van der Waals surface area contributed by atoms with Gasteiger partial charge in [-0.15, -0.1) is 0 Å². The highest BCUT2D eigenvalue weighted by Gasteiger charge is 2.48. The van der Waals surface area contributed by atoms with Gasteiger partial charge in [-0.3, -0.25) is 0 Å². The van der Waals surface area contributed by atoms with E-state index in [1.807, 2.05) is 6.92 Å². The van der Waals surface area contributed by atoms with E-state index in [1.54, 1.807) is 0 Å². The smallest absolute Gasteiger partial charge is 0.112 e. The molecule has 170 valence electrons. The molecule has 3 nitrogen and oxygen atoms in total. The van der Waals surface area contributed by atoms with Crippen LogP contribution < -0.4 is 0 Å². The van der Waals surface area contributed by atoms with Crippen LogP contribution in [0.3, 0.4) is 0 Å². The Hall–Kier alpha value is -0.120. The zero-order chi connectivity index (χ0) is 22.8. The fourth-order valence-corrected chi connectivity index (χ4v) is 5.52. The maximum Gasteiger partial charge on any atom is 0.112 e. The maximum atomic E-state index is 10.1. The summed E-state index contributed by atoms with van der Waals surface area (Å²) in [7, 11) is 4.54. The summed E-state index contributed by atoms with van der Waals surface area (Å²) in [5, 5.41) is 10.1. The Balaban J connectivity index is 5.51. The van der Waals surface area contributed by atoms with Crippen molar-refractivity contribution in [1.82, 2.24) is 0 Å². The molecule has 2 atom stereocenters. The van der Waals surface area contributed by atoms with Crippen molar-refractivity contribution in [3.63, 3.8) is 0 Å². The Morgan fingerprint density at radius 3 is 1.68 bits per heavy atom. The minimum Gasteiger partial charge on any atom is -0.393 e. The first-order valence-corrected chi connectivity index (χ1v) is 11.4. The maximum absolute atomic E-state index is 10.1. The van der Waals surface area contributed by atoms with E-state index in [0.717, 1.165) is 30.4 Å². The number of aliphatic hydroxyl groups is 1. The van der Waals surface area contributed by atoms with Crippen LogP contribution in [0.2, 0.25) is 0 Å². The minimum absolute atomic E-state index is 0.0749. The van der Waals surface area contributed by atoms with Gasteiger partial charge in [-0.05, 0) is 77.0 Å². The van der Waals surface area contributed by atoms with Crippen molar-refractivity contribution >= 4 is 0 Å². The largest absolute Gasteiger partial charge is 0.393 e. The number of hydrogen-bond acceptors (Lipinski definition) is 2. The van der Waals surface area contributed by atoms with Crippen LogP contribution in [-0.2, 0) is 4.74 Å². The van der Waals surface area contributed by atoms with Crippen LogP contribution in [0.15, 0.2) is 0 Å². The van der Waals surface area contributed by atoms with Gasteiger partial charge in [0.25, 0.3) is 0 Å². The summed E-state index contributed by atoms with van der Waals surface area (Å²) in [6.45, 7) is 29.3. The number of quaternary nitrogens is 1. The summed E-state index contributed by atoms with van der Waals surface area (Å²) in [4.78, 5) is 0. The molecule has 0 aliphatic rings. The summed E-state index contributed by atoms with van der Waals surface area (Å²) < 4.78 is 7.71. The van der Waals surface area contributed by atoms with Crippen molar-refractivity contribution in [3.8, 4) is 0 Å². The van der Waals surface area contributed by atoms with E-state index in [1.165, 1.54) is 0 Å². The Kier molecular flexibility index (Phi) is 9.31. The van der Waals surface area contributed by atoms with Gasteiger partial charge >= 0.3 is 0 Å². The fraction of sp³-hybridized carbons (Fsp3) is 1.00. The van der Waals surface area contributed by atoms with Crippen LogP contribution in [0.4, 0.5) is 0 Å². The average molecular weight is 401 g/mol. The molecule has 0 saturated carbocycles. The number of hydrogen-bond donors (Lipinski definition) is 1. The molecule has 0 rings (SSSR count). The molecule has 0 aromatic heterocycles. The van der Waals surface area contributed by atoms with Gasteiger partial charge in [0.1, 0.15) is 12.1 Å². The molecular formula is C25H54NO2+. The van der Waals surface area contributed by atoms with E-state index >= 15 is 0 Å². The van der Waals surface area contributed by atoms with E-state index in [4.69, 9.17) is 4.74 Å². The Morgan fingerprint density at radius 2 is 1.32 bits per heavy atom. The number of nitrogens with zero attached hydrogens (tertiary/aromatic N) is 1. The van der Waals surface area contributed by atoms with Gasteiger partial charge in [0.05, 0.1) is 32.3 Å². The van der Waals surface area contributed by atoms with Crippen LogP contribution in [0, 0.1) is 22.7 Å². The molecule has 0 amide bonds. The molecular weight excluding hydrogens is 346 g/mol. The van der Waals surface area contributed by atoms with Gasteiger partial charge in [0.15, 0.2) is 0 Å². The quantitative estimate of drug-likeness (QED) is 0.399. The van der Waals surface area contributed by atoms with Crippen molar-refractivity contribution in [2.45, 2.75) is 113 Å². The monoisotopic (exact) mass is 400 g/mol. The summed E-state index contributed by atoms with van der Waals surface area (Å²) in [5.41, 5.74) is -0.238. The van der Waals surface area contributed by atoms with Crippen molar-refractivity contribution in [3.05, 3.63) is 0 Å². The Bertz CT molecular complexity index is 473. The predicted molar refractivity (Wildman–Crippen MR) is 124 cm³/mol. The Morgan fingerprint density at radius 1 is 0.857 bits per heavy atom. The molecule has 0 aliphatic heterocycles. The van der Waals surface area contributed by atoms with Gasteiger partial charge in [-0.1, -0.05) is 41.5 Å². The molecule has 0 spiro atoms. The van der Waals surface area contributed by atoms with Crippen LogP contribution in [0.25, 0.3) is 0 Å². The normalized spacial score (nSPS) is 17.1. The number of ether oxygens (including phenoxy) is 1. The zero-order valence-corrected chi connectivity index (χ0v) is 21.9. The number of likely N-dealkylation sites (N-methyl/N-ethyl adjacent to an activating group) is 1. The topological polar surface area (TPSA) is 29.5 Å². The van der Waals surface area contributed by atoms with Gasteiger partial charge in [-0.2, -0.15) is 0 Å². The molecule has 0 radical (unpaired) electrons. The minimum atomic E-state index is -0.264. The van der Waals surface area contributed by atoms with E-state index < -0.39 is 0 Å². The molecule has 1 N–H and O–H groups in total. The van der Waals surface area contributed by atoms with Crippen LogP contribution >= 0.6 is 0 Å². The standard InChI is InChI=1S/C25H54NO2/c1-15-26(13,14)18-24(9,10)28-23(7,8)17-22(5,6)25(11,12)21(19(2)3)16-20(4)27/h19-21,27H,15-18H2,1-14H3/q+1. The molecule has 0 bridgehead atoms. The average Bonchev–Trinajstić information content (AvgIpc) is 2.39. The lowest BCUT2D eigenvalue weighted by atomic mass is 9.55. The van der Waals surface area contributed by atoms with Crippen LogP contribution in [-0.4, -0.2) is 54.1 Å². The first-order chi connectivity index (χ1) is 12.2. The zero-order valence-electron chi connectivity index (χ0n) is 21.9. The molecule has 0 aliphatic carbocycles. The molecule has 0 heterocycles.